The number of hydrogen-bond donors (Lipinski definition) is 1. The van der Waals surface area contributed by atoms with Crippen molar-refractivity contribution in [3.8, 4) is 0 Å². The molecule has 0 bridgehead atoms. The smallest absolute Gasteiger partial charge is 0.409 e. The first-order chi connectivity index (χ1) is 11.6. The van der Waals surface area contributed by atoms with Crippen molar-refractivity contribution < 1.29 is 14.3 Å². The first-order valence-corrected chi connectivity index (χ1v) is 8.19. The molecule has 0 saturated carbocycles. The first kappa shape index (κ1) is 16.3. The Morgan fingerprint density at radius 3 is 2.58 bits per heavy atom. The summed E-state index contributed by atoms with van der Waals surface area (Å²) >= 11 is 0. The third kappa shape index (κ3) is 3.34. The molecule has 2 aromatic rings. The van der Waals surface area contributed by atoms with Crippen molar-refractivity contribution >= 4 is 23.0 Å². The Kier molecular flexibility index (Phi) is 4.69. The van der Waals surface area contributed by atoms with Crippen LogP contribution in [0, 0.1) is 0 Å². The van der Waals surface area contributed by atoms with Gasteiger partial charge in [0.25, 0.3) is 0 Å². The number of benzene rings is 1. The largest absolute Gasteiger partial charge is 0.453 e. The molecule has 0 radical (unpaired) electrons. The van der Waals surface area contributed by atoms with E-state index in [0.29, 0.717) is 32.6 Å². The van der Waals surface area contributed by atoms with Crippen LogP contribution in [0.2, 0.25) is 0 Å². The number of methoxy groups -OCH3 is 1. The summed E-state index contributed by atoms with van der Waals surface area (Å²) in [5, 5.41) is 0. The van der Waals surface area contributed by atoms with E-state index in [-0.39, 0.29) is 12.0 Å². The van der Waals surface area contributed by atoms with Crippen LogP contribution in [0.3, 0.4) is 0 Å². The summed E-state index contributed by atoms with van der Waals surface area (Å²) in [6, 6.07) is 5.89. The van der Waals surface area contributed by atoms with E-state index in [0.717, 1.165) is 28.8 Å². The van der Waals surface area contributed by atoms with Gasteiger partial charge in [-0.05, 0) is 17.7 Å². The van der Waals surface area contributed by atoms with E-state index in [1.807, 2.05) is 18.2 Å². The summed E-state index contributed by atoms with van der Waals surface area (Å²) < 4.78 is 4.71. The second kappa shape index (κ2) is 6.90. The van der Waals surface area contributed by atoms with Crippen molar-refractivity contribution in [3.05, 3.63) is 29.6 Å². The molecular weight excluding hydrogens is 308 g/mol. The lowest BCUT2D eigenvalue weighted by Crippen LogP contribution is -2.50. The number of nitrogens with one attached hydrogen (secondary N) is 1. The van der Waals surface area contributed by atoms with Crippen molar-refractivity contribution in [3.63, 3.8) is 0 Å². The number of aromatic amines is 1. The number of rotatable bonds is 3. The van der Waals surface area contributed by atoms with E-state index < -0.39 is 0 Å². The number of carbonyl (C=O) groups excluding carboxylic acids is 2. The number of amides is 2. The molecule has 1 N–H and O–H groups in total. The van der Waals surface area contributed by atoms with E-state index in [1.165, 1.54) is 7.11 Å². The molecule has 128 valence electrons. The molecule has 0 unspecified atom stereocenters. The number of H-pyrrole nitrogens is 1. The van der Waals surface area contributed by atoms with Crippen LogP contribution in [-0.2, 0) is 22.4 Å². The van der Waals surface area contributed by atoms with Gasteiger partial charge in [-0.25, -0.2) is 9.78 Å². The van der Waals surface area contributed by atoms with Crippen LogP contribution in [0.4, 0.5) is 4.79 Å². The van der Waals surface area contributed by atoms with Crippen LogP contribution < -0.4 is 0 Å². The predicted molar refractivity (Wildman–Crippen MR) is 89.7 cm³/mol. The average Bonchev–Trinajstić information content (AvgIpc) is 3.03. The summed E-state index contributed by atoms with van der Waals surface area (Å²) in [5.74, 6) is 1.03. The number of hydrogen-bond acceptors (Lipinski definition) is 4. The number of aryl methyl sites for hydroxylation is 1. The Morgan fingerprint density at radius 1 is 1.21 bits per heavy atom. The summed E-state index contributed by atoms with van der Waals surface area (Å²) in [7, 11) is 1.37. The zero-order valence-electron chi connectivity index (χ0n) is 14.0. The molecule has 0 atom stereocenters. The minimum atomic E-state index is -0.335. The number of piperazine rings is 1. The van der Waals surface area contributed by atoms with Crippen LogP contribution in [0.15, 0.2) is 18.2 Å². The van der Waals surface area contributed by atoms with Crippen molar-refractivity contribution in [2.75, 3.05) is 33.3 Å². The normalized spacial score (nSPS) is 14.9. The molecule has 1 aliphatic rings. The van der Waals surface area contributed by atoms with Gasteiger partial charge < -0.3 is 19.5 Å². The summed E-state index contributed by atoms with van der Waals surface area (Å²) in [6.07, 6.45) is 0.876. The quantitative estimate of drug-likeness (QED) is 0.927. The molecule has 1 saturated heterocycles. The minimum absolute atomic E-state index is 0.0779. The van der Waals surface area contributed by atoms with Crippen molar-refractivity contribution in [1.82, 2.24) is 19.8 Å². The van der Waals surface area contributed by atoms with Gasteiger partial charge in [0.05, 0.1) is 24.6 Å². The van der Waals surface area contributed by atoms with Gasteiger partial charge in [0.15, 0.2) is 0 Å². The van der Waals surface area contributed by atoms with E-state index in [1.54, 1.807) is 9.80 Å². The second-order valence-electron chi connectivity index (χ2n) is 5.90. The fourth-order valence-electron chi connectivity index (χ4n) is 2.94. The Bertz CT molecular complexity index is 747. The Balaban J connectivity index is 1.62. The summed E-state index contributed by atoms with van der Waals surface area (Å²) in [6.45, 7) is 4.16. The lowest BCUT2D eigenvalue weighted by Gasteiger charge is -2.33. The highest BCUT2D eigenvalue weighted by Gasteiger charge is 2.24. The van der Waals surface area contributed by atoms with Gasteiger partial charge >= 0.3 is 6.09 Å². The SMILES string of the molecule is CCc1nc2ccc(CC(=O)N3CCN(C(=O)OC)CC3)cc2[nH]1. The van der Waals surface area contributed by atoms with Gasteiger partial charge in [-0.2, -0.15) is 0 Å². The number of ether oxygens (including phenoxy) is 1. The van der Waals surface area contributed by atoms with Gasteiger partial charge in [0.2, 0.25) is 5.91 Å². The number of imidazole rings is 1. The fraction of sp³-hybridized carbons (Fsp3) is 0.471. The fourth-order valence-corrected chi connectivity index (χ4v) is 2.94. The van der Waals surface area contributed by atoms with Gasteiger partial charge in [-0.3, -0.25) is 4.79 Å². The molecule has 1 aliphatic heterocycles. The topological polar surface area (TPSA) is 78.5 Å². The van der Waals surface area contributed by atoms with Gasteiger partial charge in [-0.15, -0.1) is 0 Å². The van der Waals surface area contributed by atoms with Gasteiger partial charge in [0.1, 0.15) is 5.82 Å². The van der Waals surface area contributed by atoms with Crippen molar-refractivity contribution in [2.45, 2.75) is 19.8 Å². The molecule has 0 spiro atoms. The number of carbonyl (C=O) groups is 2. The number of aromatic nitrogens is 2. The minimum Gasteiger partial charge on any atom is -0.453 e. The summed E-state index contributed by atoms with van der Waals surface area (Å²) in [4.78, 5) is 35.1. The van der Waals surface area contributed by atoms with Gasteiger partial charge in [0, 0.05) is 32.6 Å². The molecule has 0 aliphatic carbocycles. The first-order valence-electron chi connectivity index (χ1n) is 8.19. The highest BCUT2D eigenvalue weighted by molar-refractivity contribution is 5.82. The molecule has 2 heterocycles. The summed E-state index contributed by atoms with van der Waals surface area (Å²) in [5.41, 5.74) is 2.86. The predicted octanol–water partition coefficient (Wildman–Crippen LogP) is 1.58. The second-order valence-corrected chi connectivity index (χ2v) is 5.90. The lowest BCUT2D eigenvalue weighted by molar-refractivity contribution is -0.132. The molecule has 7 heteroatoms. The van der Waals surface area contributed by atoms with Crippen LogP contribution in [0.25, 0.3) is 11.0 Å². The average molecular weight is 330 g/mol. The third-order valence-electron chi connectivity index (χ3n) is 4.35. The van der Waals surface area contributed by atoms with Crippen LogP contribution in [0.1, 0.15) is 18.3 Å². The van der Waals surface area contributed by atoms with E-state index in [4.69, 9.17) is 4.74 Å². The standard InChI is InChI=1S/C17H22N4O3/c1-3-15-18-13-5-4-12(10-14(13)19-15)11-16(22)20-6-8-21(9-7-20)17(23)24-2/h4-5,10H,3,6-9,11H2,1-2H3,(H,18,19). The maximum Gasteiger partial charge on any atom is 0.409 e. The molecule has 3 rings (SSSR count). The maximum atomic E-state index is 12.5. The highest BCUT2D eigenvalue weighted by atomic mass is 16.5. The van der Waals surface area contributed by atoms with Crippen molar-refractivity contribution in [1.29, 1.82) is 0 Å². The van der Waals surface area contributed by atoms with E-state index in [9.17, 15) is 9.59 Å². The Labute approximate surface area is 140 Å². The van der Waals surface area contributed by atoms with Crippen molar-refractivity contribution in [2.24, 2.45) is 0 Å². The zero-order valence-corrected chi connectivity index (χ0v) is 14.0. The van der Waals surface area contributed by atoms with E-state index in [2.05, 4.69) is 16.9 Å². The van der Waals surface area contributed by atoms with Crippen LogP contribution in [0.5, 0.6) is 0 Å². The maximum absolute atomic E-state index is 12.5. The number of nitrogens with zero attached hydrogens (tertiary/aromatic N) is 3. The van der Waals surface area contributed by atoms with E-state index >= 15 is 0 Å². The third-order valence-corrected chi connectivity index (χ3v) is 4.35. The molecule has 1 aromatic carbocycles. The molecule has 7 nitrogen and oxygen atoms in total. The monoisotopic (exact) mass is 330 g/mol. The number of fused-ring (bicyclic) bond motifs is 1. The van der Waals surface area contributed by atoms with Gasteiger partial charge in [-0.1, -0.05) is 13.0 Å². The molecular formula is C17H22N4O3. The molecule has 24 heavy (non-hydrogen) atoms. The van der Waals surface area contributed by atoms with Crippen LogP contribution in [-0.4, -0.2) is 65.1 Å². The highest BCUT2D eigenvalue weighted by Crippen LogP contribution is 2.15. The Hall–Kier alpha value is -2.57. The lowest BCUT2D eigenvalue weighted by atomic mass is 10.1. The molecule has 2 amide bonds. The molecule has 1 fully saturated rings. The molecule has 1 aromatic heterocycles. The van der Waals surface area contributed by atoms with Crippen LogP contribution >= 0.6 is 0 Å². The zero-order chi connectivity index (χ0) is 17.1. The Morgan fingerprint density at radius 2 is 1.92 bits per heavy atom.